The Morgan fingerprint density at radius 2 is 2.00 bits per heavy atom. The number of nitrogens with zero attached hydrogens (tertiary/aromatic N) is 1. The molecule has 0 unspecified atom stereocenters. The SMILES string of the molecule is CCOC(=O)c1c(C)[nH]c(C(=O)[C@@H](C)N(C)Cc2cccc(Cl)c2)c1C. The number of aryl methyl sites for hydroxylation is 1. The molecule has 0 saturated carbocycles. The summed E-state index contributed by atoms with van der Waals surface area (Å²) in [6, 6.07) is 7.21. The monoisotopic (exact) mass is 376 g/mol. The van der Waals surface area contributed by atoms with Gasteiger partial charge in [0.15, 0.2) is 5.78 Å². The molecule has 1 N–H and O–H groups in total. The maximum atomic E-state index is 13.0. The van der Waals surface area contributed by atoms with Crippen LogP contribution in [0.5, 0.6) is 0 Å². The quantitative estimate of drug-likeness (QED) is 0.582. The Hall–Kier alpha value is -2.11. The first kappa shape index (κ1) is 20.2. The van der Waals surface area contributed by atoms with Crippen LogP contribution in [0.15, 0.2) is 24.3 Å². The number of carbonyl (C=O) groups excluding carboxylic acids is 2. The minimum absolute atomic E-state index is 0.0642. The molecule has 0 aliphatic carbocycles. The lowest BCUT2D eigenvalue weighted by atomic mass is 10.0. The molecule has 6 heteroatoms. The summed E-state index contributed by atoms with van der Waals surface area (Å²) in [6.07, 6.45) is 0. The van der Waals surface area contributed by atoms with E-state index in [4.69, 9.17) is 16.3 Å². The molecule has 140 valence electrons. The first-order valence-corrected chi connectivity index (χ1v) is 8.99. The number of ketones is 1. The fourth-order valence-electron chi connectivity index (χ4n) is 2.98. The van der Waals surface area contributed by atoms with E-state index < -0.39 is 5.97 Å². The van der Waals surface area contributed by atoms with Crippen LogP contribution >= 0.6 is 11.6 Å². The molecule has 2 rings (SSSR count). The molecule has 0 bridgehead atoms. The van der Waals surface area contributed by atoms with Crippen molar-refractivity contribution in [3.05, 3.63) is 57.4 Å². The van der Waals surface area contributed by atoms with Crippen LogP contribution < -0.4 is 0 Å². The molecule has 0 fully saturated rings. The van der Waals surface area contributed by atoms with Gasteiger partial charge in [-0.2, -0.15) is 0 Å². The number of nitrogens with one attached hydrogen (secondary N) is 1. The van der Waals surface area contributed by atoms with Crippen LogP contribution in [0.25, 0.3) is 0 Å². The van der Waals surface area contributed by atoms with Crippen molar-refractivity contribution in [2.24, 2.45) is 0 Å². The van der Waals surface area contributed by atoms with Crippen molar-refractivity contribution in [1.82, 2.24) is 9.88 Å². The molecule has 1 aromatic heterocycles. The molecule has 0 aliphatic heterocycles. The van der Waals surface area contributed by atoms with E-state index in [-0.39, 0.29) is 11.8 Å². The Balaban J connectivity index is 2.20. The summed E-state index contributed by atoms with van der Waals surface area (Å²) in [4.78, 5) is 30.1. The summed E-state index contributed by atoms with van der Waals surface area (Å²) in [5.41, 5.74) is 3.21. The number of Topliss-reactive ketones (excluding diaryl/α,β-unsaturated/α-hetero) is 1. The van der Waals surface area contributed by atoms with Gasteiger partial charge in [0.05, 0.1) is 23.9 Å². The molecule has 1 heterocycles. The fraction of sp³-hybridized carbons (Fsp3) is 0.400. The predicted molar refractivity (Wildman–Crippen MR) is 103 cm³/mol. The zero-order valence-electron chi connectivity index (χ0n) is 15.9. The van der Waals surface area contributed by atoms with Crippen molar-refractivity contribution in [1.29, 1.82) is 0 Å². The van der Waals surface area contributed by atoms with Gasteiger partial charge in [0, 0.05) is 17.3 Å². The summed E-state index contributed by atoms with van der Waals surface area (Å²) in [7, 11) is 1.89. The summed E-state index contributed by atoms with van der Waals surface area (Å²) in [6.45, 7) is 8.05. The van der Waals surface area contributed by atoms with Gasteiger partial charge in [0.1, 0.15) is 0 Å². The third kappa shape index (κ3) is 4.34. The third-order valence-corrected chi connectivity index (χ3v) is 4.76. The standard InChI is InChI=1S/C20H25ClN2O3/c1-6-26-20(25)17-12(2)18(22-13(17)3)19(24)14(4)23(5)11-15-8-7-9-16(21)10-15/h7-10,14,22H,6,11H2,1-5H3/t14-/m1/s1. The molecule has 26 heavy (non-hydrogen) atoms. The summed E-state index contributed by atoms with van der Waals surface area (Å²) >= 11 is 6.03. The van der Waals surface area contributed by atoms with Crippen LogP contribution in [-0.2, 0) is 11.3 Å². The second-order valence-corrected chi connectivity index (χ2v) is 6.87. The molecule has 0 saturated heterocycles. The maximum Gasteiger partial charge on any atom is 0.340 e. The lowest BCUT2D eigenvalue weighted by Gasteiger charge is -2.23. The second-order valence-electron chi connectivity index (χ2n) is 6.43. The van der Waals surface area contributed by atoms with E-state index >= 15 is 0 Å². The van der Waals surface area contributed by atoms with Crippen molar-refractivity contribution >= 4 is 23.4 Å². The van der Waals surface area contributed by atoms with E-state index in [1.807, 2.05) is 43.1 Å². The van der Waals surface area contributed by atoms with Gasteiger partial charge in [-0.3, -0.25) is 9.69 Å². The van der Waals surface area contributed by atoms with Gasteiger partial charge in [0.25, 0.3) is 0 Å². The molecule has 0 radical (unpaired) electrons. The number of hydrogen-bond donors (Lipinski definition) is 1. The van der Waals surface area contributed by atoms with Gasteiger partial charge in [-0.1, -0.05) is 23.7 Å². The number of carbonyl (C=O) groups is 2. The minimum Gasteiger partial charge on any atom is -0.462 e. The molecule has 0 aliphatic rings. The highest BCUT2D eigenvalue weighted by molar-refractivity contribution is 6.30. The summed E-state index contributed by atoms with van der Waals surface area (Å²) < 4.78 is 5.09. The number of ether oxygens (including phenoxy) is 1. The van der Waals surface area contributed by atoms with Gasteiger partial charge in [0.2, 0.25) is 0 Å². The summed E-state index contributed by atoms with van der Waals surface area (Å²) in [5, 5.41) is 0.671. The molecular weight excluding hydrogens is 352 g/mol. The van der Waals surface area contributed by atoms with Gasteiger partial charge in [-0.15, -0.1) is 0 Å². The Morgan fingerprint density at radius 1 is 1.31 bits per heavy atom. The average Bonchev–Trinajstić information content (AvgIpc) is 2.88. The van der Waals surface area contributed by atoms with Gasteiger partial charge in [-0.05, 0) is 58.0 Å². The first-order chi connectivity index (χ1) is 12.3. The number of aromatic nitrogens is 1. The van der Waals surface area contributed by atoms with E-state index in [2.05, 4.69) is 4.98 Å². The predicted octanol–water partition coefficient (Wildman–Crippen LogP) is 4.16. The third-order valence-electron chi connectivity index (χ3n) is 4.53. The number of rotatable bonds is 7. The molecule has 2 aromatic rings. The maximum absolute atomic E-state index is 13.0. The van der Waals surface area contributed by atoms with Crippen LogP contribution in [0.4, 0.5) is 0 Å². The highest BCUT2D eigenvalue weighted by Gasteiger charge is 2.27. The summed E-state index contributed by atoms with van der Waals surface area (Å²) in [5.74, 6) is -0.469. The number of H-pyrrole nitrogens is 1. The number of halogens is 1. The molecule has 0 spiro atoms. The smallest absolute Gasteiger partial charge is 0.340 e. The van der Waals surface area contributed by atoms with E-state index in [0.29, 0.717) is 40.7 Å². The Labute approximate surface area is 159 Å². The first-order valence-electron chi connectivity index (χ1n) is 8.61. The van der Waals surface area contributed by atoms with Crippen LogP contribution in [-0.4, -0.2) is 41.3 Å². The normalized spacial score (nSPS) is 12.3. The molecule has 1 atom stereocenters. The van der Waals surface area contributed by atoms with Crippen LogP contribution in [0.3, 0.4) is 0 Å². The van der Waals surface area contributed by atoms with E-state index in [9.17, 15) is 9.59 Å². The van der Waals surface area contributed by atoms with Crippen molar-refractivity contribution in [3.8, 4) is 0 Å². The fourth-order valence-corrected chi connectivity index (χ4v) is 3.19. The van der Waals surface area contributed by atoms with E-state index in [1.165, 1.54) is 0 Å². The van der Waals surface area contributed by atoms with Crippen LogP contribution in [0.2, 0.25) is 5.02 Å². The van der Waals surface area contributed by atoms with E-state index in [1.54, 1.807) is 20.8 Å². The lowest BCUT2D eigenvalue weighted by Crippen LogP contribution is -2.36. The number of benzene rings is 1. The molecule has 5 nitrogen and oxygen atoms in total. The Morgan fingerprint density at radius 3 is 2.62 bits per heavy atom. The molecule has 1 aromatic carbocycles. The van der Waals surface area contributed by atoms with Crippen molar-refractivity contribution in [3.63, 3.8) is 0 Å². The highest BCUT2D eigenvalue weighted by Crippen LogP contribution is 2.22. The van der Waals surface area contributed by atoms with E-state index in [0.717, 1.165) is 5.56 Å². The lowest BCUT2D eigenvalue weighted by molar-refractivity contribution is 0.0525. The van der Waals surface area contributed by atoms with Gasteiger partial charge < -0.3 is 9.72 Å². The van der Waals surface area contributed by atoms with Crippen molar-refractivity contribution in [2.45, 2.75) is 40.3 Å². The topological polar surface area (TPSA) is 62.4 Å². The Kier molecular flexibility index (Phi) is 6.62. The largest absolute Gasteiger partial charge is 0.462 e. The van der Waals surface area contributed by atoms with Crippen molar-refractivity contribution in [2.75, 3.05) is 13.7 Å². The zero-order valence-corrected chi connectivity index (χ0v) is 16.6. The Bertz CT molecular complexity index is 813. The number of hydrogen-bond acceptors (Lipinski definition) is 4. The minimum atomic E-state index is -0.405. The number of aromatic amines is 1. The number of esters is 1. The molecule has 0 amide bonds. The van der Waals surface area contributed by atoms with Gasteiger partial charge >= 0.3 is 5.97 Å². The van der Waals surface area contributed by atoms with Crippen molar-refractivity contribution < 1.29 is 14.3 Å². The molecular formula is C20H25ClN2O3. The van der Waals surface area contributed by atoms with Crippen LogP contribution in [0, 0.1) is 13.8 Å². The zero-order chi connectivity index (χ0) is 19.4. The average molecular weight is 377 g/mol. The van der Waals surface area contributed by atoms with Gasteiger partial charge in [-0.25, -0.2) is 4.79 Å². The number of likely N-dealkylation sites (N-methyl/N-ethyl adjacent to an activating group) is 1. The van der Waals surface area contributed by atoms with Crippen LogP contribution in [0.1, 0.15) is 51.5 Å². The highest BCUT2D eigenvalue weighted by atomic mass is 35.5. The second kappa shape index (κ2) is 8.52.